The summed E-state index contributed by atoms with van der Waals surface area (Å²) < 4.78 is 50.8. The number of aliphatic hydroxyl groups is 2. The normalized spacial score (nSPS) is 21.3. The minimum absolute atomic E-state index is 0.515. The second-order valence-electron chi connectivity index (χ2n) is 6.36. The largest absolute Gasteiger partial charge is 0.490 e. The van der Waals surface area contributed by atoms with Gasteiger partial charge in [-0.05, 0) is 13.8 Å². The zero-order valence-corrected chi connectivity index (χ0v) is 18.8. The molecule has 1 aromatic heterocycles. The van der Waals surface area contributed by atoms with Gasteiger partial charge in [0.2, 0.25) is 0 Å². The number of aliphatic hydroxyl groups excluding tert-OH is 1. The number of ether oxygens (including phenoxy) is 1. The Labute approximate surface area is 173 Å². The summed E-state index contributed by atoms with van der Waals surface area (Å²) in [6.45, 7) is 0.829. The number of nitrogens with zero attached hydrogens (tertiary/aromatic N) is 1. The zero-order valence-electron chi connectivity index (χ0n) is 16.1. The van der Waals surface area contributed by atoms with Gasteiger partial charge in [-0.15, -0.1) is 0 Å². The molecule has 180 valence electrons. The third-order valence-corrected chi connectivity index (χ3v) is 7.59. The summed E-state index contributed by atoms with van der Waals surface area (Å²) in [7, 11) is -16.0. The SMILES string of the molecule is CO[C@](C)(COP(=O)(O)OP(=O)(O)OP(=O)(O)O)[C@@H](O)C(C)(O)n1ccc(=O)[nH]c1=O. The molecule has 5 atom stereocenters. The summed E-state index contributed by atoms with van der Waals surface area (Å²) in [5.74, 6) is 0. The highest BCUT2D eigenvalue weighted by Crippen LogP contribution is 2.66. The highest BCUT2D eigenvalue weighted by Gasteiger charge is 2.49. The summed E-state index contributed by atoms with van der Waals surface area (Å²) in [6, 6.07) is 0.860. The molecule has 31 heavy (non-hydrogen) atoms. The van der Waals surface area contributed by atoms with Crippen LogP contribution in [-0.4, -0.2) is 64.8 Å². The Kier molecular flexibility index (Phi) is 8.54. The number of hydrogen-bond donors (Lipinski definition) is 7. The molecule has 1 aromatic rings. The second kappa shape index (κ2) is 9.45. The van der Waals surface area contributed by atoms with Gasteiger partial charge in [-0.1, -0.05) is 0 Å². The molecule has 0 aromatic carbocycles. The average molecular weight is 514 g/mol. The molecule has 0 saturated heterocycles. The standard InChI is InChI=1S/C11H21N2O15P3/c1-10(25-3,6-26-30(21,22)28-31(23,24)27-29(18,19)20)8(15)11(2,17)13-5-4-7(14)12-9(13)16/h4-5,8,15,17H,6H2,1-3H3,(H,21,22)(H,23,24)(H,12,14,16)(H2,18,19,20)/t8-,10-,11?/m1/s1. The van der Waals surface area contributed by atoms with Gasteiger partial charge in [-0.25, -0.2) is 18.5 Å². The Morgan fingerprint density at radius 2 is 1.65 bits per heavy atom. The maximum absolute atomic E-state index is 11.9. The highest BCUT2D eigenvalue weighted by atomic mass is 31.3. The lowest BCUT2D eigenvalue weighted by Crippen LogP contribution is -2.60. The number of nitrogens with one attached hydrogen (secondary N) is 1. The van der Waals surface area contributed by atoms with E-state index in [9.17, 15) is 38.4 Å². The van der Waals surface area contributed by atoms with Crippen molar-refractivity contribution in [3.05, 3.63) is 33.1 Å². The summed E-state index contributed by atoms with van der Waals surface area (Å²) in [6.07, 6.45) is -1.26. The molecule has 7 N–H and O–H groups in total. The molecule has 0 aliphatic heterocycles. The Morgan fingerprint density at radius 1 is 1.10 bits per heavy atom. The highest BCUT2D eigenvalue weighted by molar-refractivity contribution is 7.66. The molecule has 0 aliphatic rings. The van der Waals surface area contributed by atoms with Crippen molar-refractivity contribution in [2.24, 2.45) is 0 Å². The van der Waals surface area contributed by atoms with Crippen LogP contribution in [0.15, 0.2) is 21.9 Å². The van der Waals surface area contributed by atoms with Crippen molar-refractivity contribution in [1.29, 1.82) is 0 Å². The zero-order chi connectivity index (χ0) is 24.5. The van der Waals surface area contributed by atoms with E-state index in [2.05, 4.69) is 13.1 Å². The van der Waals surface area contributed by atoms with Gasteiger partial charge in [0.15, 0.2) is 5.72 Å². The lowest BCUT2D eigenvalue weighted by Gasteiger charge is -2.41. The van der Waals surface area contributed by atoms with Crippen molar-refractivity contribution >= 4 is 23.5 Å². The van der Waals surface area contributed by atoms with Crippen LogP contribution in [0.2, 0.25) is 0 Å². The predicted octanol–water partition coefficient (Wildman–Crippen LogP) is -1.69. The lowest BCUT2D eigenvalue weighted by molar-refractivity contribution is -0.216. The Balaban J connectivity index is 3.09. The van der Waals surface area contributed by atoms with Gasteiger partial charge in [0, 0.05) is 19.4 Å². The first kappa shape index (κ1) is 28.0. The van der Waals surface area contributed by atoms with Crippen LogP contribution in [0.5, 0.6) is 0 Å². The van der Waals surface area contributed by atoms with Crippen LogP contribution >= 0.6 is 23.5 Å². The van der Waals surface area contributed by atoms with E-state index in [1.54, 1.807) is 0 Å². The average Bonchev–Trinajstić information content (AvgIpc) is 2.55. The molecule has 1 heterocycles. The topological polar surface area (TPSA) is 264 Å². The fourth-order valence-electron chi connectivity index (χ4n) is 2.25. The molecule has 0 saturated carbocycles. The van der Waals surface area contributed by atoms with Crippen LogP contribution < -0.4 is 11.2 Å². The van der Waals surface area contributed by atoms with E-state index in [-0.39, 0.29) is 0 Å². The van der Waals surface area contributed by atoms with Crippen molar-refractivity contribution < 1.29 is 61.4 Å². The molecule has 20 heteroatoms. The Bertz CT molecular complexity index is 1040. The van der Waals surface area contributed by atoms with Crippen molar-refractivity contribution in [3.63, 3.8) is 0 Å². The van der Waals surface area contributed by atoms with Crippen molar-refractivity contribution in [2.75, 3.05) is 13.7 Å². The fourth-order valence-corrected chi connectivity index (χ4v) is 5.36. The number of phosphoric ester groups is 1. The Morgan fingerprint density at radius 3 is 2.10 bits per heavy atom. The van der Waals surface area contributed by atoms with Crippen molar-refractivity contribution in [1.82, 2.24) is 9.55 Å². The monoisotopic (exact) mass is 514 g/mol. The van der Waals surface area contributed by atoms with Crippen molar-refractivity contribution in [3.8, 4) is 0 Å². The second-order valence-corrected chi connectivity index (χ2v) is 10.8. The van der Waals surface area contributed by atoms with E-state index in [4.69, 9.17) is 19.4 Å². The van der Waals surface area contributed by atoms with E-state index < -0.39 is 58.8 Å². The third-order valence-electron chi connectivity index (χ3n) is 3.80. The molecule has 0 amide bonds. The van der Waals surface area contributed by atoms with Crippen LogP contribution in [0.3, 0.4) is 0 Å². The Hall–Kier alpha value is -1.03. The van der Waals surface area contributed by atoms with Gasteiger partial charge in [-0.2, -0.15) is 8.62 Å². The minimum atomic E-state index is -5.77. The molecule has 0 radical (unpaired) electrons. The number of hydrogen-bond acceptors (Lipinski definition) is 11. The summed E-state index contributed by atoms with van der Waals surface area (Å²) in [5.41, 5.74) is -6.52. The van der Waals surface area contributed by atoms with Crippen LogP contribution in [0, 0.1) is 0 Å². The van der Waals surface area contributed by atoms with Crippen molar-refractivity contribution in [2.45, 2.75) is 31.3 Å². The first-order valence-electron chi connectivity index (χ1n) is 7.81. The molecule has 17 nitrogen and oxygen atoms in total. The molecule has 3 unspecified atom stereocenters. The first-order chi connectivity index (χ1) is 13.7. The molecule has 0 bridgehead atoms. The van der Waals surface area contributed by atoms with Crippen LogP contribution in [0.25, 0.3) is 0 Å². The number of phosphoric acid groups is 3. The van der Waals surface area contributed by atoms with Gasteiger partial charge < -0.3 is 34.5 Å². The van der Waals surface area contributed by atoms with Gasteiger partial charge in [-0.3, -0.25) is 18.9 Å². The van der Waals surface area contributed by atoms with Gasteiger partial charge in [0.05, 0.1) is 6.61 Å². The van der Waals surface area contributed by atoms with Gasteiger partial charge >= 0.3 is 29.2 Å². The van der Waals surface area contributed by atoms with E-state index in [0.29, 0.717) is 4.57 Å². The van der Waals surface area contributed by atoms with Gasteiger partial charge in [0.25, 0.3) is 5.56 Å². The van der Waals surface area contributed by atoms with Gasteiger partial charge in [0.1, 0.15) is 11.7 Å². The number of H-pyrrole nitrogens is 1. The maximum atomic E-state index is 11.9. The third kappa shape index (κ3) is 7.80. The van der Waals surface area contributed by atoms with E-state index in [1.807, 2.05) is 4.98 Å². The van der Waals surface area contributed by atoms with Crippen LogP contribution in [-0.2, 0) is 37.3 Å². The lowest BCUT2D eigenvalue weighted by atomic mass is 9.91. The number of rotatable bonds is 11. The number of methoxy groups -OCH3 is 1. The summed E-state index contributed by atoms with van der Waals surface area (Å²) in [5, 5.41) is 21.2. The molecule has 0 fully saturated rings. The van der Waals surface area contributed by atoms with E-state index in [1.165, 1.54) is 0 Å². The first-order valence-corrected chi connectivity index (χ1v) is 12.3. The van der Waals surface area contributed by atoms with Crippen LogP contribution in [0.4, 0.5) is 0 Å². The molecule has 0 aliphatic carbocycles. The summed E-state index contributed by atoms with van der Waals surface area (Å²) in [4.78, 5) is 60.6. The maximum Gasteiger partial charge on any atom is 0.490 e. The van der Waals surface area contributed by atoms with E-state index in [0.717, 1.165) is 33.2 Å². The predicted molar refractivity (Wildman–Crippen MR) is 98.4 cm³/mol. The molecule has 1 rings (SSSR count). The fraction of sp³-hybridized carbons (Fsp3) is 0.636. The number of aromatic amines is 1. The molecular weight excluding hydrogens is 493 g/mol. The quantitative estimate of drug-likeness (QED) is 0.162. The number of aromatic nitrogens is 2. The smallest absolute Gasteiger partial charge is 0.385 e. The van der Waals surface area contributed by atoms with Crippen LogP contribution in [0.1, 0.15) is 13.8 Å². The molecule has 0 spiro atoms. The molecular formula is C11H21N2O15P3. The minimum Gasteiger partial charge on any atom is -0.385 e. The summed E-state index contributed by atoms with van der Waals surface area (Å²) >= 11 is 0. The van der Waals surface area contributed by atoms with E-state index >= 15 is 0 Å².